The van der Waals surface area contributed by atoms with Gasteiger partial charge in [0.25, 0.3) is 0 Å². The highest BCUT2D eigenvalue weighted by molar-refractivity contribution is 5.65. The van der Waals surface area contributed by atoms with Gasteiger partial charge in [-0.05, 0) is 52.9 Å². The van der Waals surface area contributed by atoms with E-state index in [2.05, 4.69) is 13.8 Å². The van der Waals surface area contributed by atoms with Crippen molar-refractivity contribution in [1.29, 1.82) is 0 Å². The van der Waals surface area contributed by atoms with Crippen LogP contribution in [0.5, 0.6) is 0 Å². The normalized spacial score (nSPS) is 25.1. The summed E-state index contributed by atoms with van der Waals surface area (Å²) in [5, 5.41) is 0. The molecule has 0 aromatic carbocycles. The Bertz CT molecular complexity index is 261. The summed E-state index contributed by atoms with van der Waals surface area (Å²) >= 11 is 0. The van der Waals surface area contributed by atoms with Crippen molar-refractivity contribution in [3.05, 3.63) is 0 Å². The van der Waals surface area contributed by atoms with E-state index in [4.69, 9.17) is 15.2 Å². The highest BCUT2D eigenvalue weighted by Gasteiger charge is 2.33. The van der Waals surface area contributed by atoms with Crippen LogP contribution in [0.25, 0.3) is 0 Å². The predicted octanol–water partition coefficient (Wildman–Crippen LogP) is 2.46. The first-order chi connectivity index (χ1) is 7.20. The third kappa shape index (κ3) is 4.39. The number of hydrogen-bond acceptors (Lipinski definition) is 3. The van der Waals surface area contributed by atoms with Crippen molar-refractivity contribution in [2.75, 3.05) is 6.61 Å². The van der Waals surface area contributed by atoms with Crippen LogP contribution < -0.4 is 5.73 Å². The average Bonchev–Trinajstić information content (AvgIpc) is 1.96. The second kappa shape index (κ2) is 4.62. The van der Waals surface area contributed by atoms with Crippen LogP contribution in [0.1, 0.15) is 47.0 Å². The van der Waals surface area contributed by atoms with Gasteiger partial charge >= 0.3 is 6.09 Å². The van der Waals surface area contributed by atoms with Gasteiger partial charge in [0.15, 0.2) is 0 Å². The van der Waals surface area contributed by atoms with E-state index in [1.807, 2.05) is 13.8 Å². The number of ether oxygens (including phenoxy) is 2. The lowest BCUT2D eigenvalue weighted by Gasteiger charge is -2.38. The molecule has 94 valence electrons. The van der Waals surface area contributed by atoms with Gasteiger partial charge < -0.3 is 15.2 Å². The summed E-state index contributed by atoms with van der Waals surface area (Å²) in [5.41, 5.74) is 4.51. The quantitative estimate of drug-likeness (QED) is 0.808. The average molecular weight is 229 g/mol. The Morgan fingerprint density at radius 1 is 1.56 bits per heavy atom. The van der Waals surface area contributed by atoms with Crippen LogP contribution in [0.2, 0.25) is 0 Å². The number of carbonyl (C=O) groups excluding carboxylic acids is 1. The molecule has 1 aliphatic rings. The maximum absolute atomic E-state index is 10.8. The van der Waals surface area contributed by atoms with E-state index in [0.717, 1.165) is 25.9 Å². The van der Waals surface area contributed by atoms with Crippen molar-refractivity contribution in [1.82, 2.24) is 0 Å². The van der Waals surface area contributed by atoms with Gasteiger partial charge in [-0.2, -0.15) is 0 Å². The second-order valence-corrected chi connectivity index (χ2v) is 5.85. The SMILES string of the molecule is CC1(C)CC(CC(C)(C)OC(N)=O)CCO1. The fourth-order valence-electron chi connectivity index (χ4n) is 2.54. The van der Waals surface area contributed by atoms with Crippen molar-refractivity contribution in [3.8, 4) is 0 Å². The third-order valence-electron chi connectivity index (χ3n) is 2.96. The van der Waals surface area contributed by atoms with Crippen molar-refractivity contribution in [3.63, 3.8) is 0 Å². The second-order valence-electron chi connectivity index (χ2n) is 5.85. The zero-order valence-electron chi connectivity index (χ0n) is 10.7. The van der Waals surface area contributed by atoms with Crippen molar-refractivity contribution in [2.45, 2.75) is 58.2 Å². The number of carbonyl (C=O) groups is 1. The van der Waals surface area contributed by atoms with Crippen LogP contribution in [0.4, 0.5) is 4.79 Å². The van der Waals surface area contributed by atoms with Gasteiger partial charge in [-0.1, -0.05) is 0 Å². The number of primary amides is 1. The van der Waals surface area contributed by atoms with E-state index < -0.39 is 11.7 Å². The zero-order chi connectivity index (χ0) is 12.4. The largest absolute Gasteiger partial charge is 0.444 e. The first-order valence-corrected chi connectivity index (χ1v) is 5.83. The molecule has 1 saturated heterocycles. The Morgan fingerprint density at radius 3 is 2.69 bits per heavy atom. The minimum Gasteiger partial charge on any atom is -0.444 e. The molecule has 0 aliphatic carbocycles. The molecule has 1 amide bonds. The van der Waals surface area contributed by atoms with Crippen molar-refractivity contribution < 1.29 is 14.3 Å². The lowest BCUT2D eigenvalue weighted by atomic mass is 9.82. The van der Waals surface area contributed by atoms with Crippen LogP contribution >= 0.6 is 0 Å². The van der Waals surface area contributed by atoms with E-state index in [-0.39, 0.29) is 5.60 Å². The van der Waals surface area contributed by atoms with E-state index in [0.29, 0.717) is 5.92 Å². The smallest absolute Gasteiger partial charge is 0.405 e. The summed E-state index contributed by atoms with van der Waals surface area (Å²) in [5.74, 6) is 0.526. The van der Waals surface area contributed by atoms with Crippen LogP contribution in [0, 0.1) is 5.92 Å². The summed E-state index contributed by atoms with van der Waals surface area (Å²) in [6.07, 6.45) is 2.16. The monoisotopic (exact) mass is 229 g/mol. The maximum Gasteiger partial charge on any atom is 0.405 e. The molecule has 1 aliphatic heterocycles. The fraction of sp³-hybridized carbons (Fsp3) is 0.917. The molecule has 4 heteroatoms. The molecule has 0 spiro atoms. The van der Waals surface area contributed by atoms with E-state index in [1.165, 1.54) is 0 Å². The van der Waals surface area contributed by atoms with Gasteiger partial charge in [0, 0.05) is 6.61 Å². The molecule has 2 N–H and O–H groups in total. The van der Waals surface area contributed by atoms with Crippen molar-refractivity contribution in [2.24, 2.45) is 11.7 Å². The highest BCUT2D eigenvalue weighted by Crippen LogP contribution is 2.34. The Hall–Kier alpha value is -0.770. The fourth-order valence-corrected chi connectivity index (χ4v) is 2.54. The zero-order valence-corrected chi connectivity index (χ0v) is 10.7. The topological polar surface area (TPSA) is 61.5 Å². The minimum atomic E-state index is -0.698. The van der Waals surface area contributed by atoms with Gasteiger partial charge in [-0.3, -0.25) is 0 Å². The molecule has 0 saturated carbocycles. The minimum absolute atomic E-state index is 0.0638. The molecule has 1 fully saturated rings. The lowest BCUT2D eigenvalue weighted by molar-refractivity contribution is -0.0854. The Balaban J connectivity index is 2.50. The summed E-state index contributed by atoms with van der Waals surface area (Å²) in [6, 6.07) is 0. The van der Waals surface area contributed by atoms with Crippen molar-refractivity contribution >= 4 is 6.09 Å². The molecule has 0 bridgehead atoms. The van der Waals surface area contributed by atoms with Gasteiger partial charge in [0.05, 0.1) is 5.60 Å². The number of nitrogens with two attached hydrogens (primary N) is 1. The van der Waals surface area contributed by atoms with E-state index >= 15 is 0 Å². The standard InChI is InChI=1S/C12H23NO3/c1-11(2)7-9(5-6-15-11)8-12(3,4)16-10(13)14/h9H,5-8H2,1-4H3,(H2,13,14). The molecule has 4 nitrogen and oxygen atoms in total. The Kier molecular flexibility index (Phi) is 3.84. The van der Waals surface area contributed by atoms with Gasteiger partial charge in [0.2, 0.25) is 0 Å². The summed E-state index contributed by atoms with van der Waals surface area (Å²) in [7, 11) is 0. The molecule has 1 heterocycles. The van der Waals surface area contributed by atoms with Crippen LogP contribution in [-0.4, -0.2) is 23.9 Å². The highest BCUT2D eigenvalue weighted by atomic mass is 16.6. The van der Waals surface area contributed by atoms with Crippen LogP contribution in [0.3, 0.4) is 0 Å². The molecule has 0 aromatic rings. The Labute approximate surface area is 97.5 Å². The van der Waals surface area contributed by atoms with Gasteiger partial charge in [0.1, 0.15) is 5.60 Å². The maximum atomic E-state index is 10.8. The van der Waals surface area contributed by atoms with E-state index in [9.17, 15) is 4.79 Å². The number of hydrogen-bond donors (Lipinski definition) is 1. The van der Waals surface area contributed by atoms with Gasteiger partial charge in [-0.25, -0.2) is 4.79 Å². The van der Waals surface area contributed by atoms with Crippen LogP contribution in [-0.2, 0) is 9.47 Å². The molecule has 0 radical (unpaired) electrons. The molecule has 16 heavy (non-hydrogen) atoms. The van der Waals surface area contributed by atoms with Crippen LogP contribution in [0.15, 0.2) is 0 Å². The van der Waals surface area contributed by atoms with E-state index in [1.54, 1.807) is 0 Å². The molecule has 1 rings (SSSR count). The molecule has 1 atom stereocenters. The predicted molar refractivity (Wildman–Crippen MR) is 62.1 cm³/mol. The van der Waals surface area contributed by atoms with Gasteiger partial charge in [-0.15, -0.1) is 0 Å². The first-order valence-electron chi connectivity index (χ1n) is 5.83. The number of rotatable bonds is 3. The lowest BCUT2D eigenvalue weighted by Crippen LogP contribution is -2.39. The Morgan fingerprint density at radius 2 is 2.19 bits per heavy atom. The molecular formula is C12H23NO3. The molecular weight excluding hydrogens is 206 g/mol. The number of amides is 1. The summed E-state index contributed by atoms with van der Waals surface area (Å²) in [6.45, 7) is 8.78. The third-order valence-corrected chi connectivity index (χ3v) is 2.96. The summed E-state index contributed by atoms with van der Waals surface area (Å²) in [4.78, 5) is 10.8. The molecule has 0 aromatic heterocycles. The summed E-state index contributed by atoms with van der Waals surface area (Å²) < 4.78 is 10.8. The molecule has 1 unspecified atom stereocenters. The first kappa shape index (κ1) is 13.3.